The number of benzene rings is 1. The minimum absolute atomic E-state index is 0.117. The van der Waals surface area contributed by atoms with Gasteiger partial charge < -0.3 is 5.32 Å². The van der Waals surface area contributed by atoms with E-state index in [0.29, 0.717) is 0 Å². The van der Waals surface area contributed by atoms with Crippen LogP contribution >= 0.6 is 11.6 Å². The van der Waals surface area contributed by atoms with Crippen LogP contribution in [0.2, 0.25) is 5.02 Å². The Morgan fingerprint density at radius 2 is 2.16 bits per heavy atom. The molecule has 3 nitrogen and oxygen atoms in total. The molecule has 0 bridgehead atoms. The Kier molecular flexibility index (Phi) is 4.61. The van der Waals surface area contributed by atoms with Crippen LogP contribution in [0.15, 0.2) is 30.5 Å². The van der Waals surface area contributed by atoms with Crippen molar-refractivity contribution in [3.8, 4) is 0 Å². The van der Waals surface area contributed by atoms with E-state index in [1.54, 1.807) is 0 Å². The fourth-order valence-corrected chi connectivity index (χ4v) is 2.70. The van der Waals surface area contributed by atoms with Gasteiger partial charge in [-0.1, -0.05) is 24.6 Å². The molecule has 0 aliphatic heterocycles. The molecule has 19 heavy (non-hydrogen) atoms. The summed E-state index contributed by atoms with van der Waals surface area (Å²) in [6, 6.07) is 8.33. The van der Waals surface area contributed by atoms with Crippen molar-refractivity contribution in [3.63, 3.8) is 0 Å². The molecule has 1 heterocycles. The fraction of sp³-hybridized carbons (Fsp3) is 0.400. The Morgan fingerprint density at radius 3 is 2.79 bits per heavy atom. The van der Waals surface area contributed by atoms with E-state index in [2.05, 4.69) is 41.1 Å². The molecule has 2 aromatic rings. The summed E-state index contributed by atoms with van der Waals surface area (Å²) in [4.78, 5) is 0. The molecule has 1 unspecified atom stereocenters. The lowest BCUT2D eigenvalue weighted by molar-refractivity contribution is 0.534. The Bertz CT molecular complexity index is 528. The first-order chi connectivity index (χ1) is 9.15. The van der Waals surface area contributed by atoms with Gasteiger partial charge in [-0.3, -0.25) is 4.68 Å². The maximum absolute atomic E-state index is 6.16. The van der Waals surface area contributed by atoms with Crippen molar-refractivity contribution >= 4 is 11.6 Å². The van der Waals surface area contributed by atoms with Crippen LogP contribution in [-0.4, -0.2) is 16.8 Å². The van der Waals surface area contributed by atoms with Gasteiger partial charge in [0.25, 0.3) is 0 Å². The SMILES string of the molecule is CCCn1nccc1C(NC)c1cc(C)cc(Cl)c1. The average molecular weight is 278 g/mol. The van der Waals surface area contributed by atoms with E-state index >= 15 is 0 Å². The molecule has 4 heteroatoms. The lowest BCUT2D eigenvalue weighted by Crippen LogP contribution is -2.21. The summed E-state index contributed by atoms with van der Waals surface area (Å²) in [6.07, 6.45) is 2.92. The lowest BCUT2D eigenvalue weighted by Gasteiger charge is -2.19. The van der Waals surface area contributed by atoms with Crippen molar-refractivity contribution in [1.82, 2.24) is 15.1 Å². The largest absolute Gasteiger partial charge is 0.308 e. The van der Waals surface area contributed by atoms with E-state index in [1.165, 1.54) is 16.8 Å². The van der Waals surface area contributed by atoms with E-state index in [4.69, 9.17) is 11.6 Å². The molecule has 102 valence electrons. The second-order valence-electron chi connectivity index (χ2n) is 4.76. The summed E-state index contributed by atoms with van der Waals surface area (Å²) in [5, 5.41) is 8.52. The normalized spacial score (nSPS) is 12.6. The van der Waals surface area contributed by atoms with Gasteiger partial charge in [0.2, 0.25) is 0 Å². The molecular formula is C15H20ClN3. The van der Waals surface area contributed by atoms with Crippen molar-refractivity contribution in [2.75, 3.05) is 7.05 Å². The Labute approximate surface area is 119 Å². The Morgan fingerprint density at radius 1 is 1.37 bits per heavy atom. The quantitative estimate of drug-likeness (QED) is 0.906. The van der Waals surface area contributed by atoms with Crippen LogP contribution in [0.1, 0.15) is 36.2 Å². The van der Waals surface area contributed by atoms with Crippen LogP contribution in [-0.2, 0) is 6.54 Å². The highest BCUT2D eigenvalue weighted by molar-refractivity contribution is 6.30. The Balaban J connectivity index is 2.40. The lowest BCUT2D eigenvalue weighted by atomic mass is 10.0. The third-order valence-corrected chi connectivity index (χ3v) is 3.39. The van der Waals surface area contributed by atoms with Crippen molar-refractivity contribution in [3.05, 3.63) is 52.3 Å². The molecule has 1 aromatic carbocycles. The molecular weight excluding hydrogens is 258 g/mol. The maximum Gasteiger partial charge on any atom is 0.0746 e. The number of hydrogen-bond acceptors (Lipinski definition) is 2. The first-order valence-electron chi connectivity index (χ1n) is 6.61. The van der Waals surface area contributed by atoms with E-state index in [-0.39, 0.29) is 6.04 Å². The first-order valence-corrected chi connectivity index (χ1v) is 6.99. The van der Waals surface area contributed by atoms with Crippen LogP contribution in [0.3, 0.4) is 0 Å². The van der Waals surface area contributed by atoms with Crippen LogP contribution < -0.4 is 5.32 Å². The van der Waals surface area contributed by atoms with Crippen molar-refractivity contribution in [2.45, 2.75) is 32.9 Å². The van der Waals surface area contributed by atoms with Crippen LogP contribution in [0.4, 0.5) is 0 Å². The molecule has 0 saturated heterocycles. The molecule has 0 aliphatic carbocycles. The number of nitrogens with zero attached hydrogens (tertiary/aromatic N) is 2. The fourth-order valence-electron chi connectivity index (χ4n) is 2.40. The monoisotopic (exact) mass is 277 g/mol. The summed E-state index contributed by atoms with van der Waals surface area (Å²) >= 11 is 6.16. The predicted molar refractivity (Wildman–Crippen MR) is 79.6 cm³/mol. The molecule has 0 fully saturated rings. The number of rotatable bonds is 5. The molecule has 0 aliphatic rings. The van der Waals surface area contributed by atoms with Gasteiger partial charge in [-0.15, -0.1) is 0 Å². The molecule has 2 rings (SSSR count). The van der Waals surface area contributed by atoms with Crippen molar-refractivity contribution in [1.29, 1.82) is 0 Å². The second kappa shape index (κ2) is 6.22. The van der Waals surface area contributed by atoms with E-state index < -0.39 is 0 Å². The van der Waals surface area contributed by atoms with Gasteiger partial charge in [-0.25, -0.2) is 0 Å². The summed E-state index contributed by atoms with van der Waals surface area (Å²) in [5.74, 6) is 0. The summed E-state index contributed by atoms with van der Waals surface area (Å²) in [5.41, 5.74) is 3.51. The zero-order valence-corrected chi connectivity index (χ0v) is 12.4. The van der Waals surface area contributed by atoms with Crippen LogP contribution in [0.25, 0.3) is 0 Å². The third-order valence-electron chi connectivity index (χ3n) is 3.17. The first kappa shape index (κ1) is 14.1. The van der Waals surface area contributed by atoms with E-state index in [1.807, 2.05) is 25.4 Å². The summed E-state index contributed by atoms with van der Waals surface area (Å²) in [6.45, 7) is 5.15. The summed E-state index contributed by atoms with van der Waals surface area (Å²) in [7, 11) is 1.96. The van der Waals surface area contributed by atoms with Gasteiger partial charge in [0, 0.05) is 17.8 Å². The summed E-state index contributed by atoms with van der Waals surface area (Å²) < 4.78 is 2.05. The topological polar surface area (TPSA) is 29.9 Å². The number of halogens is 1. The smallest absolute Gasteiger partial charge is 0.0746 e. The zero-order valence-electron chi connectivity index (χ0n) is 11.7. The highest BCUT2D eigenvalue weighted by Gasteiger charge is 2.17. The molecule has 1 aromatic heterocycles. The predicted octanol–water partition coefficient (Wildman–Crippen LogP) is 3.56. The molecule has 0 amide bonds. The van der Waals surface area contributed by atoms with E-state index in [0.717, 1.165) is 18.0 Å². The highest BCUT2D eigenvalue weighted by Crippen LogP contribution is 2.25. The second-order valence-corrected chi connectivity index (χ2v) is 5.20. The van der Waals surface area contributed by atoms with Gasteiger partial charge in [0.05, 0.1) is 11.7 Å². The Hall–Kier alpha value is -1.32. The van der Waals surface area contributed by atoms with Crippen molar-refractivity contribution < 1.29 is 0 Å². The highest BCUT2D eigenvalue weighted by atomic mass is 35.5. The van der Waals surface area contributed by atoms with Gasteiger partial charge >= 0.3 is 0 Å². The van der Waals surface area contributed by atoms with Crippen LogP contribution in [0.5, 0.6) is 0 Å². The maximum atomic E-state index is 6.16. The molecule has 1 N–H and O–H groups in total. The van der Waals surface area contributed by atoms with Gasteiger partial charge in [0.15, 0.2) is 0 Å². The van der Waals surface area contributed by atoms with E-state index in [9.17, 15) is 0 Å². The van der Waals surface area contributed by atoms with Crippen LogP contribution in [0, 0.1) is 6.92 Å². The number of aryl methyl sites for hydroxylation is 2. The minimum Gasteiger partial charge on any atom is -0.308 e. The number of aromatic nitrogens is 2. The van der Waals surface area contributed by atoms with Gasteiger partial charge in [0.1, 0.15) is 0 Å². The molecule has 0 spiro atoms. The minimum atomic E-state index is 0.117. The number of nitrogens with one attached hydrogen (secondary N) is 1. The molecule has 0 radical (unpaired) electrons. The standard InChI is InChI=1S/C15H20ClN3/c1-4-7-19-14(5-6-18-19)15(17-3)12-8-11(2)9-13(16)10-12/h5-6,8-10,15,17H,4,7H2,1-3H3. The average Bonchev–Trinajstić information content (AvgIpc) is 2.78. The third kappa shape index (κ3) is 3.17. The van der Waals surface area contributed by atoms with Gasteiger partial charge in [-0.05, 0) is 49.7 Å². The zero-order chi connectivity index (χ0) is 13.8. The molecule has 0 saturated carbocycles. The number of hydrogen-bond donors (Lipinski definition) is 1. The van der Waals surface area contributed by atoms with Gasteiger partial charge in [-0.2, -0.15) is 5.10 Å². The molecule has 1 atom stereocenters. The van der Waals surface area contributed by atoms with Crippen molar-refractivity contribution in [2.24, 2.45) is 0 Å².